The van der Waals surface area contributed by atoms with Crippen LogP contribution in [0.1, 0.15) is 5.56 Å². The first kappa shape index (κ1) is 20.4. The van der Waals surface area contributed by atoms with Crippen LogP contribution in [0.2, 0.25) is 0 Å². The topological polar surface area (TPSA) is 90.1 Å². The molecular weight excluding hydrogens is 409 g/mol. The van der Waals surface area contributed by atoms with Crippen LogP contribution in [-0.4, -0.2) is 26.4 Å². The molecule has 0 atom stereocenters. The maximum atomic E-state index is 12.7. The molecule has 0 spiro atoms. The number of rotatable bonds is 6. The zero-order valence-electron chi connectivity index (χ0n) is 14.6. The van der Waals surface area contributed by atoms with Gasteiger partial charge in [0, 0.05) is 18.3 Å². The summed E-state index contributed by atoms with van der Waals surface area (Å²) in [5.74, 6) is -0.450. The zero-order valence-corrected chi connectivity index (χ0v) is 15.4. The highest BCUT2D eigenvalue weighted by Crippen LogP contribution is 2.36. The molecule has 11 heteroatoms. The van der Waals surface area contributed by atoms with Crippen LogP contribution in [0.15, 0.2) is 65.7 Å². The Bertz CT molecular complexity index is 1040. The maximum Gasteiger partial charge on any atom is 0.416 e. The molecule has 0 aliphatic rings. The van der Waals surface area contributed by atoms with Crippen LogP contribution in [0.4, 0.5) is 24.7 Å². The first-order valence-corrected chi connectivity index (χ1v) is 9.12. The van der Waals surface area contributed by atoms with E-state index in [9.17, 15) is 28.1 Å². The van der Waals surface area contributed by atoms with Crippen molar-refractivity contribution in [2.75, 3.05) is 11.1 Å². The van der Waals surface area contributed by atoms with Crippen LogP contribution >= 0.6 is 11.8 Å². The van der Waals surface area contributed by atoms with E-state index < -0.39 is 28.3 Å². The molecule has 0 aliphatic carbocycles. The summed E-state index contributed by atoms with van der Waals surface area (Å²) in [7, 11) is 0. The molecule has 3 aromatic rings. The number of hydrogen-bond donors (Lipinski definition) is 1. The number of amides is 1. The molecule has 0 saturated heterocycles. The first-order valence-electron chi connectivity index (χ1n) is 8.13. The normalized spacial score (nSPS) is 11.3. The predicted molar refractivity (Wildman–Crippen MR) is 101 cm³/mol. The SMILES string of the molecule is O=C(CSc1ccc(C(F)(F)F)cc1[N+](=O)[O-])Nc1ccn(-c2ccccc2)n1. The van der Waals surface area contributed by atoms with Crippen molar-refractivity contribution < 1.29 is 22.9 Å². The summed E-state index contributed by atoms with van der Waals surface area (Å²) in [6, 6.07) is 13.0. The van der Waals surface area contributed by atoms with Gasteiger partial charge in [-0.3, -0.25) is 14.9 Å². The molecule has 0 saturated carbocycles. The van der Waals surface area contributed by atoms with Gasteiger partial charge in [-0.25, -0.2) is 4.68 Å². The summed E-state index contributed by atoms with van der Waals surface area (Å²) < 4.78 is 39.8. The quantitative estimate of drug-likeness (QED) is 0.358. The van der Waals surface area contributed by atoms with Crippen molar-refractivity contribution in [3.8, 4) is 5.69 Å². The molecular formula is C18H13F3N4O3S. The number of benzene rings is 2. The van der Waals surface area contributed by atoms with Gasteiger partial charge < -0.3 is 5.32 Å². The average Bonchev–Trinajstić information content (AvgIpc) is 3.14. The van der Waals surface area contributed by atoms with Gasteiger partial charge >= 0.3 is 6.18 Å². The number of carbonyl (C=O) groups excluding carboxylic acids is 1. The predicted octanol–water partition coefficient (Wildman–Crippen LogP) is 4.53. The standard InChI is InChI=1S/C18H13F3N4O3S/c19-18(20,21)12-6-7-15(14(10-12)25(27)28)29-11-17(26)22-16-8-9-24(23-16)13-4-2-1-3-5-13/h1-10H,11H2,(H,22,23,26). The minimum absolute atomic E-state index is 0.0343. The summed E-state index contributed by atoms with van der Waals surface area (Å²) in [6.45, 7) is 0. The lowest BCUT2D eigenvalue weighted by Gasteiger charge is -2.08. The van der Waals surface area contributed by atoms with E-state index in [2.05, 4.69) is 10.4 Å². The average molecular weight is 422 g/mol. The van der Waals surface area contributed by atoms with Gasteiger partial charge in [0.25, 0.3) is 5.69 Å². The number of carbonyl (C=O) groups is 1. The summed E-state index contributed by atoms with van der Waals surface area (Å²) in [6.07, 6.45) is -3.04. The Morgan fingerprint density at radius 2 is 1.90 bits per heavy atom. The number of nitro benzene ring substituents is 1. The van der Waals surface area contributed by atoms with E-state index in [1.807, 2.05) is 30.3 Å². The lowest BCUT2D eigenvalue weighted by atomic mass is 10.2. The minimum atomic E-state index is -4.69. The number of anilines is 1. The lowest BCUT2D eigenvalue weighted by Crippen LogP contribution is -2.15. The Balaban J connectivity index is 1.65. The Morgan fingerprint density at radius 1 is 1.17 bits per heavy atom. The summed E-state index contributed by atoms with van der Waals surface area (Å²) in [5.41, 5.74) is -1.03. The smallest absolute Gasteiger partial charge is 0.308 e. The van der Waals surface area contributed by atoms with Crippen LogP contribution in [0.25, 0.3) is 5.69 Å². The maximum absolute atomic E-state index is 12.7. The number of thioether (sulfide) groups is 1. The highest BCUT2D eigenvalue weighted by Gasteiger charge is 2.33. The van der Waals surface area contributed by atoms with Crippen molar-refractivity contribution in [1.82, 2.24) is 9.78 Å². The van der Waals surface area contributed by atoms with E-state index in [1.165, 1.54) is 0 Å². The van der Waals surface area contributed by atoms with Gasteiger partial charge in [-0.1, -0.05) is 18.2 Å². The van der Waals surface area contributed by atoms with E-state index in [0.717, 1.165) is 29.6 Å². The fourth-order valence-electron chi connectivity index (χ4n) is 2.40. The van der Waals surface area contributed by atoms with Gasteiger partial charge in [0.15, 0.2) is 5.82 Å². The van der Waals surface area contributed by atoms with E-state index in [0.29, 0.717) is 6.07 Å². The molecule has 150 valence electrons. The summed E-state index contributed by atoms with van der Waals surface area (Å²) in [5, 5.41) is 17.8. The second-order valence-electron chi connectivity index (χ2n) is 5.76. The number of halogens is 3. The van der Waals surface area contributed by atoms with Crippen LogP contribution in [-0.2, 0) is 11.0 Å². The molecule has 0 radical (unpaired) electrons. The fourth-order valence-corrected chi connectivity index (χ4v) is 3.20. The number of nitro groups is 1. The molecule has 0 aliphatic heterocycles. The molecule has 1 N–H and O–H groups in total. The van der Waals surface area contributed by atoms with E-state index >= 15 is 0 Å². The summed E-state index contributed by atoms with van der Waals surface area (Å²) >= 11 is 0.770. The molecule has 0 unspecified atom stereocenters. The molecule has 7 nitrogen and oxygen atoms in total. The van der Waals surface area contributed by atoms with Crippen molar-refractivity contribution >= 4 is 29.2 Å². The van der Waals surface area contributed by atoms with Crippen molar-refractivity contribution in [3.05, 3.63) is 76.5 Å². The van der Waals surface area contributed by atoms with Gasteiger partial charge in [-0.2, -0.15) is 18.3 Å². The highest BCUT2D eigenvalue weighted by atomic mass is 32.2. The monoisotopic (exact) mass is 422 g/mol. The van der Waals surface area contributed by atoms with Gasteiger partial charge in [-0.15, -0.1) is 11.8 Å². The second kappa shape index (κ2) is 8.35. The van der Waals surface area contributed by atoms with Gasteiger partial charge in [-0.05, 0) is 24.3 Å². The first-order chi connectivity index (χ1) is 13.7. The van der Waals surface area contributed by atoms with Crippen LogP contribution < -0.4 is 5.32 Å². The largest absolute Gasteiger partial charge is 0.416 e. The molecule has 2 aromatic carbocycles. The van der Waals surface area contributed by atoms with Crippen LogP contribution in [0.3, 0.4) is 0 Å². The number of nitrogens with one attached hydrogen (secondary N) is 1. The molecule has 1 amide bonds. The van der Waals surface area contributed by atoms with Gasteiger partial charge in [0.1, 0.15) is 0 Å². The Morgan fingerprint density at radius 3 is 2.55 bits per heavy atom. The number of aromatic nitrogens is 2. The number of hydrogen-bond acceptors (Lipinski definition) is 5. The number of alkyl halides is 3. The number of nitrogens with zero attached hydrogens (tertiary/aromatic N) is 3. The third-order valence-electron chi connectivity index (χ3n) is 3.72. The van der Waals surface area contributed by atoms with E-state index in [-0.39, 0.29) is 16.5 Å². The van der Waals surface area contributed by atoms with E-state index in [4.69, 9.17) is 0 Å². The van der Waals surface area contributed by atoms with Crippen molar-refractivity contribution in [3.63, 3.8) is 0 Å². The Kier molecular flexibility index (Phi) is 5.87. The molecule has 3 rings (SSSR count). The number of para-hydroxylation sites is 1. The molecule has 1 heterocycles. The lowest BCUT2D eigenvalue weighted by molar-refractivity contribution is -0.388. The molecule has 0 bridgehead atoms. The third kappa shape index (κ3) is 5.13. The third-order valence-corrected chi connectivity index (χ3v) is 4.78. The molecule has 29 heavy (non-hydrogen) atoms. The van der Waals surface area contributed by atoms with Gasteiger partial charge in [0.05, 0.1) is 26.8 Å². The van der Waals surface area contributed by atoms with E-state index in [1.54, 1.807) is 16.9 Å². The van der Waals surface area contributed by atoms with Gasteiger partial charge in [0.2, 0.25) is 5.91 Å². The van der Waals surface area contributed by atoms with Crippen LogP contribution in [0, 0.1) is 10.1 Å². The minimum Gasteiger partial charge on any atom is -0.308 e. The van der Waals surface area contributed by atoms with Crippen molar-refractivity contribution in [1.29, 1.82) is 0 Å². The Hall–Kier alpha value is -3.34. The molecule has 0 fully saturated rings. The van der Waals surface area contributed by atoms with Crippen molar-refractivity contribution in [2.24, 2.45) is 0 Å². The Labute approximate surface area is 166 Å². The van der Waals surface area contributed by atoms with Crippen molar-refractivity contribution in [2.45, 2.75) is 11.1 Å². The highest BCUT2D eigenvalue weighted by molar-refractivity contribution is 8.00. The summed E-state index contributed by atoms with van der Waals surface area (Å²) in [4.78, 5) is 22.3. The van der Waals surface area contributed by atoms with Crippen LogP contribution in [0.5, 0.6) is 0 Å². The molecule has 1 aromatic heterocycles. The second-order valence-corrected chi connectivity index (χ2v) is 6.77. The fraction of sp³-hybridized carbons (Fsp3) is 0.111. The zero-order chi connectivity index (χ0) is 21.0.